The highest BCUT2D eigenvalue weighted by Crippen LogP contribution is 2.79. The standard InChI is InChI=1S/C16H13BrN4O3/c1-22-11-3-2-9(6-10(11)17)12-14(7-18)13(20)21-16(15(12,14)8-19)23-4-5-24-16/h2-3,6,12H,4-5H2,1H3,(H2,20,21)/p+1/t12-,14-,15-/m1/s1. The second-order valence-corrected chi connectivity index (χ2v) is 6.87. The number of nitrogens with two attached hydrogens (primary N) is 1. The van der Waals surface area contributed by atoms with Crippen molar-refractivity contribution in [1.82, 2.24) is 0 Å². The van der Waals surface area contributed by atoms with E-state index in [4.69, 9.17) is 19.9 Å². The Bertz CT molecular complexity index is 852. The first-order valence-corrected chi connectivity index (χ1v) is 8.17. The minimum Gasteiger partial charge on any atom is -0.496 e. The number of halogens is 1. The van der Waals surface area contributed by atoms with Crippen LogP contribution in [0.15, 0.2) is 22.7 Å². The van der Waals surface area contributed by atoms with Gasteiger partial charge < -0.3 is 14.2 Å². The summed E-state index contributed by atoms with van der Waals surface area (Å²) in [6, 6.07) is 10.00. The van der Waals surface area contributed by atoms with Crippen LogP contribution >= 0.6 is 15.9 Å². The summed E-state index contributed by atoms with van der Waals surface area (Å²) >= 11 is 3.45. The van der Waals surface area contributed by atoms with Crippen LogP contribution in [0.3, 0.4) is 0 Å². The molecule has 2 heterocycles. The maximum atomic E-state index is 10.0. The van der Waals surface area contributed by atoms with E-state index < -0.39 is 22.7 Å². The first kappa shape index (κ1) is 15.4. The minimum atomic E-state index is -1.38. The van der Waals surface area contributed by atoms with Crippen molar-refractivity contribution >= 4 is 21.8 Å². The van der Waals surface area contributed by atoms with Gasteiger partial charge in [-0.1, -0.05) is 6.07 Å². The lowest BCUT2D eigenvalue weighted by Crippen LogP contribution is -2.89. The van der Waals surface area contributed by atoms with Crippen LogP contribution in [0.4, 0.5) is 0 Å². The molecule has 1 saturated carbocycles. The molecule has 1 aromatic rings. The minimum absolute atomic E-state index is 0.213. The van der Waals surface area contributed by atoms with Crippen molar-refractivity contribution in [3.05, 3.63) is 28.2 Å². The number of nitriles is 2. The Balaban J connectivity index is 1.89. The van der Waals surface area contributed by atoms with Crippen molar-refractivity contribution in [2.24, 2.45) is 16.6 Å². The molecule has 122 valence electrons. The smallest absolute Gasteiger partial charge is 0.343 e. The van der Waals surface area contributed by atoms with E-state index in [9.17, 15) is 10.5 Å². The second-order valence-electron chi connectivity index (χ2n) is 6.02. The van der Waals surface area contributed by atoms with Gasteiger partial charge in [0.2, 0.25) is 0 Å². The lowest BCUT2D eigenvalue weighted by Gasteiger charge is -2.23. The molecule has 3 aliphatic rings. The fourth-order valence-corrected chi connectivity index (χ4v) is 4.74. The molecule has 7 nitrogen and oxygen atoms in total. The van der Waals surface area contributed by atoms with Gasteiger partial charge in [0.05, 0.1) is 36.9 Å². The van der Waals surface area contributed by atoms with Crippen LogP contribution < -0.4 is 15.5 Å². The van der Waals surface area contributed by atoms with Crippen molar-refractivity contribution in [2.45, 2.75) is 11.8 Å². The summed E-state index contributed by atoms with van der Waals surface area (Å²) < 4.78 is 17.4. The SMILES string of the molecule is COc1ccc([C@@H]2[C@]3(C#N)C(N)=[NH+]C4(OCCO4)[C@]23C#N)cc1Br. The van der Waals surface area contributed by atoms with Crippen LogP contribution in [0.25, 0.3) is 0 Å². The first-order chi connectivity index (χ1) is 11.5. The molecule has 1 spiro atoms. The van der Waals surface area contributed by atoms with Gasteiger partial charge in [0.15, 0.2) is 10.8 Å². The maximum Gasteiger partial charge on any atom is 0.343 e. The summed E-state index contributed by atoms with van der Waals surface area (Å²) in [5.74, 6) is -0.954. The number of fused-ring (bicyclic) bond motifs is 2. The van der Waals surface area contributed by atoms with Gasteiger partial charge >= 0.3 is 5.91 Å². The highest BCUT2D eigenvalue weighted by atomic mass is 79.9. The van der Waals surface area contributed by atoms with E-state index in [0.717, 1.165) is 10.0 Å². The van der Waals surface area contributed by atoms with Crippen molar-refractivity contribution < 1.29 is 19.2 Å². The molecule has 1 aromatic carbocycles. The van der Waals surface area contributed by atoms with Crippen molar-refractivity contribution in [3.63, 3.8) is 0 Å². The van der Waals surface area contributed by atoms with Gasteiger partial charge in [-0.05, 0) is 33.6 Å². The molecule has 1 aliphatic carbocycles. The summed E-state index contributed by atoms with van der Waals surface area (Å²) in [5, 5.41) is 19.9. The highest BCUT2D eigenvalue weighted by molar-refractivity contribution is 9.10. The molecule has 0 radical (unpaired) electrons. The Morgan fingerprint density at radius 3 is 2.58 bits per heavy atom. The molecule has 0 amide bonds. The average Bonchev–Trinajstić information content (AvgIpc) is 2.84. The number of nitrogens with zero attached hydrogens (tertiary/aromatic N) is 2. The molecular weight excluding hydrogens is 376 g/mol. The van der Waals surface area contributed by atoms with E-state index in [1.54, 1.807) is 13.2 Å². The lowest BCUT2D eigenvalue weighted by atomic mass is 9.94. The zero-order valence-electron chi connectivity index (χ0n) is 12.8. The van der Waals surface area contributed by atoms with E-state index in [0.29, 0.717) is 19.0 Å². The molecule has 3 N–H and O–H groups in total. The molecule has 8 heteroatoms. The third-order valence-corrected chi connectivity index (χ3v) is 5.82. The van der Waals surface area contributed by atoms with E-state index in [2.05, 4.69) is 33.1 Å². The summed E-state index contributed by atoms with van der Waals surface area (Å²) in [4.78, 5) is 2.92. The first-order valence-electron chi connectivity index (χ1n) is 7.38. The van der Waals surface area contributed by atoms with Crippen LogP contribution in [0.2, 0.25) is 0 Å². The van der Waals surface area contributed by atoms with E-state index in [1.165, 1.54) is 0 Å². The van der Waals surface area contributed by atoms with Crippen LogP contribution in [-0.4, -0.2) is 32.1 Å². The molecular formula is C16H14BrN4O3+. The Hall–Kier alpha value is -2.13. The molecule has 0 unspecified atom stereocenters. The number of rotatable bonds is 2. The van der Waals surface area contributed by atoms with Crippen LogP contribution in [0.1, 0.15) is 11.5 Å². The third kappa shape index (κ3) is 1.41. The number of hydrogen-bond acceptors (Lipinski definition) is 6. The topological polar surface area (TPSA) is 115 Å². The maximum absolute atomic E-state index is 10.0. The number of ether oxygens (including phenoxy) is 3. The third-order valence-electron chi connectivity index (χ3n) is 5.20. The average molecular weight is 390 g/mol. The lowest BCUT2D eigenvalue weighted by molar-refractivity contribution is -0.676. The number of hydrogen-bond donors (Lipinski definition) is 2. The Morgan fingerprint density at radius 2 is 2.04 bits per heavy atom. The largest absolute Gasteiger partial charge is 0.496 e. The fraction of sp³-hybridized carbons (Fsp3) is 0.438. The van der Waals surface area contributed by atoms with Gasteiger partial charge in [0.25, 0.3) is 5.84 Å². The van der Waals surface area contributed by atoms with Gasteiger partial charge in [-0.2, -0.15) is 10.5 Å². The summed E-state index contributed by atoms with van der Waals surface area (Å²) in [6.45, 7) is 0.675. The summed E-state index contributed by atoms with van der Waals surface area (Å²) in [7, 11) is 1.57. The quantitative estimate of drug-likeness (QED) is 0.718. The molecule has 0 aromatic heterocycles. The van der Waals surface area contributed by atoms with Gasteiger partial charge in [0, 0.05) is 5.92 Å². The fourth-order valence-electron chi connectivity index (χ4n) is 4.18. The number of benzene rings is 1. The predicted octanol–water partition coefficient (Wildman–Crippen LogP) is -0.273. The Labute approximate surface area is 146 Å². The molecule has 3 atom stereocenters. The number of amidine groups is 1. The van der Waals surface area contributed by atoms with Gasteiger partial charge in [-0.15, -0.1) is 0 Å². The van der Waals surface area contributed by atoms with Gasteiger partial charge in [0.1, 0.15) is 5.75 Å². The van der Waals surface area contributed by atoms with Crippen molar-refractivity contribution in [3.8, 4) is 17.9 Å². The van der Waals surface area contributed by atoms with Crippen molar-refractivity contribution in [1.29, 1.82) is 10.5 Å². The summed E-state index contributed by atoms with van der Waals surface area (Å²) in [6.07, 6.45) is 0. The molecule has 2 fully saturated rings. The van der Waals surface area contributed by atoms with E-state index in [1.807, 2.05) is 12.1 Å². The molecule has 24 heavy (non-hydrogen) atoms. The predicted molar refractivity (Wildman–Crippen MR) is 84.3 cm³/mol. The highest BCUT2D eigenvalue weighted by Gasteiger charge is 2.97. The van der Waals surface area contributed by atoms with E-state index in [-0.39, 0.29) is 5.84 Å². The monoisotopic (exact) mass is 389 g/mol. The molecule has 0 bridgehead atoms. The normalized spacial score (nSPS) is 35.0. The van der Waals surface area contributed by atoms with E-state index >= 15 is 0 Å². The van der Waals surface area contributed by atoms with Crippen molar-refractivity contribution in [2.75, 3.05) is 20.3 Å². The van der Waals surface area contributed by atoms with Gasteiger partial charge in [-0.3, -0.25) is 5.73 Å². The van der Waals surface area contributed by atoms with Crippen LogP contribution in [0.5, 0.6) is 5.75 Å². The Morgan fingerprint density at radius 1 is 1.33 bits per heavy atom. The zero-order chi connectivity index (χ0) is 17.2. The zero-order valence-corrected chi connectivity index (χ0v) is 14.4. The molecule has 4 rings (SSSR count). The Kier molecular flexibility index (Phi) is 3.02. The number of methoxy groups -OCH3 is 1. The summed E-state index contributed by atoms with van der Waals surface area (Å²) in [5.41, 5.74) is 4.51. The van der Waals surface area contributed by atoms with Gasteiger partial charge in [-0.25, -0.2) is 4.99 Å². The number of nitrogens with one attached hydrogen (secondary N) is 1. The van der Waals surface area contributed by atoms with Crippen LogP contribution in [0, 0.1) is 33.5 Å². The molecule has 1 saturated heterocycles. The molecule has 2 aliphatic heterocycles. The van der Waals surface area contributed by atoms with Crippen LogP contribution in [-0.2, 0) is 9.47 Å². The second kappa shape index (κ2) is 4.70.